The number of hydrogen-bond acceptors (Lipinski definition) is 0. The molecule has 2 aromatic heterocycles. The zero-order valence-corrected chi connectivity index (χ0v) is 18.9. The van der Waals surface area contributed by atoms with Crippen molar-refractivity contribution in [3.05, 3.63) is 72.1 Å². The van der Waals surface area contributed by atoms with Crippen LogP contribution in [0.15, 0.2) is 60.9 Å². The molecule has 0 aliphatic carbocycles. The number of aromatic amines is 2. The van der Waals surface area contributed by atoms with Gasteiger partial charge in [-0.15, -0.1) is 0 Å². The van der Waals surface area contributed by atoms with Gasteiger partial charge in [0.05, 0.1) is 0 Å². The molecule has 0 saturated heterocycles. The predicted octanol–water partition coefficient (Wildman–Crippen LogP) is 8.64. The van der Waals surface area contributed by atoms with Gasteiger partial charge in [0.25, 0.3) is 0 Å². The summed E-state index contributed by atoms with van der Waals surface area (Å²) in [6.45, 7) is 16.9. The predicted molar refractivity (Wildman–Crippen MR) is 127 cm³/mol. The highest BCUT2D eigenvalue weighted by Crippen LogP contribution is 2.20. The molecule has 0 aliphatic heterocycles. The van der Waals surface area contributed by atoms with E-state index in [-0.39, 0.29) is 0 Å². The number of H-pyrrole nitrogens is 2. The molecule has 28 heavy (non-hydrogen) atoms. The van der Waals surface area contributed by atoms with Crippen LogP contribution in [0.3, 0.4) is 0 Å². The van der Waals surface area contributed by atoms with Gasteiger partial charge in [-0.25, -0.2) is 0 Å². The second kappa shape index (κ2) is 12.1. The van der Waals surface area contributed by atoms with Crippen molar-refractivity contribution >= 4 is 21.8 Å². The third-order valence-corrected chi connectivity index (χ3v) is 4.49. The summed E-state index contributed by atoms with van der Waals surface area (Å²) in [7, 11) is 0. The maximum atomic E-state index is 3.21. The molecule has 4 rings (SSSR count). The van der Waals surface area contributed by atoms with Crippen LogP contribution in [-0.4, -0.2) is 9.97 Å². The average molecular weight is 379 g/mol. The Kier molecular flexibility index (Phi) is 10.2. The fourth-order valence-electron chi connectivity index (χ4n) is 2.86. The van der Waals surface area contributed by atoms with Crippen LogP contribution in [0.1, 0.15) is 78.4 Å². The molecule has 0 aliphatic rings. The van der Waals surface area contributed by atoms with E-state index in [1.54, 1.807) is 0 Å². The SMILES string of the molecule is CC.CC.CC(C)c1ccc2[nH]ccc2c1.CC(C)c1ccc2cc[nH]c2c1. The van der Waals surface area contributed by atoms with Gasteiger partial charge >= 0.3 is 0 Å². The second-order valence-electron chi connectivity index (χ2n) is 6.96. The van der Waals surface area contributed by atoms with Crippen LogP contribution in [0.5, 0.6) is 0 Å². The molecular weight excluding hydrogens is 340 g/mol. The van der Waals surface area contributed by atoms with Crippen molar-refractivity contribution in [3.63, 3.8) is 0 Å². The highest BCUT2D eigenvalue weighted by molar-refractivity contribution is 5.80. The highest BCUT2D eigenvalue weighted by atomic mass is 14.7. The lowest BCUT2D eigenvalue weighted by molar-refractivity contribution is 0.868. The molecular formula is C26H38N2. The van der Waals surface area contributed by atoms with Crippen molar-refractivity contribution in [2.75, 3.05) is 0 Å². The summed E-state index contributed by atoms with van der Waals surface area (Å²) in [4.78, 5) is 6.40. The van der Waals surface area contributed by atoms with E-state index in [4.69, 9.17) is 0 Å². The van der Waals surface area contributed by atoms with Crippen LogP contribution in [-0.2, 0) is 0 Å². The van der Waals surface area contributed by atoms with Crippen LogP contribution in [0, 0.1) is 0 Å². The monoisotopic (exact) mass is 378 g/mol. The summed E-state index contributed by atoms with van der Waals surface area (Å²) < 4.78 is 0. The maximum Gasteiger partial charge on any atom is 0.0456 e. The number of rotatable bonds is 2. The fraction of sp³-hybridized carbons (Fsp3) is 0.385. The minimum absolute atomic E-state index is 0.609. The van der Waals surface area contributed by atoms with Crippen LogP contribution in [0.25, 0.3) is 21.8 Å². The molecule has 2 aromatic carbocycles. The van der Waals surface area contributed by atoms with E-state index in [9.17, 15) is 0 Å². The summed E-state index contributed by atoms with van der Waals surface area (Å²) in [6.07, 6.45) is 3.96. The molecule has 152 valence electrons. The molecule has 0 unspecified atom stereocenters. The van der Waals surface area contributed by atoms with E-state index in [1.807, 2.05) is 40.1 Å². The Labute approximate surface area is 171 Å². The lowest BCUT2D eigenvalue weighted by Crippen LogP contribution is -1.85. The van der Waals surface area contributed by atoms with Gasteiger partial charge in [0.2, 0.25) is 0 Å². The number of benzene rings is 2. The Morgan fingerprint density at radius 1 is 0.536 bits per heavy atom. The van der Waals surface area contributed by atoms with Crippen molar-refractivity contribution in [1.29, 1.82) is 0 Å². The van der Waals surface area contributed by atoms with Crippen LogP contribution in [0.2, 0.25) is 0 Å². The largest absolute Gasteiger partial charge is 0.361 e. The van der Waals surface area contributed by atoms with E-state index in [0.717, 1.165) is 0 Å². The van der Waals surface area contributed by atoms with Crippen molar-refractivity contribution in [1.82, 2.24) is 9.97 Å². The van der Waals surface area contributed by atoms with Gasteiger partial charge in [0.15, 0.2) is 0 Å². The molecule has 0 radical (unpaired) electrons. The van der Waals surface area contributed by atoms with Crippen LogP contribution >= 0.6 is 0 Å². The van der Waals surface area contributed by atoms with Gasteiger partial charge in [-0.05, 0) is 64.1 Å². The third kappa shape index (κ3) is 6.30. The molecule has 0 bridgehead atoms. The van der Waals surface area contributed by atoms with Gasteiger partial charge in [0.1, 0.15) is 0 Å². The van der Waals surface area contributed by atoms with Gasteiger partial charge in [-0.3, -0.25) is 0 Å². The Morgan fingerprint density at radius 2 is 1.04 bits per heavy atom. The zero-order chi connectivity index (χ0) is 21.1. The molecule has 0 fully saturated rings. The van der Waals surface area contributed by atoms with Crippen LogP contribution < -0.4 is 0 Å². The molecule has 0 spiro atoms. The standard InChI is InChI=1S/2C11H13N.2C2H6/c1-8(2)9-3-4-11-10(7-9)5-6-12-11;1-8(2)10-4-3-9-5-6-12-11(9)7-10;2*1-2/h2*3-8,12H,1-2H3;2*1-2H3. The van der Waals surface area contributed by atoms with Gasteiger partial charge in [-0.2, -0.15) is 0 Å². The summed E-state index contributed by atoms with van der Waals surface area (Å²) in [5.41, 5.74) is 5.26. The van der Waals surface area contributed by atoms with E-state index < -0.39 is 0 Å². The summed E-state index contributed by atoms with van der Waals surface area (Å²) >= 11 is 0. The van der Waals surface area contributed by atoms with Gasteiger partial charge in [0, 0.05) is 23.4 Å². The smallest absolute Gasteiger partial charge is 0.0456 e. The van der Waals surface area contributed by atoms with E-state index >= 15 is 0 Å². The Balaban J connectivity index is 0.000000238. The Bertz CT molecular complexity index is 848. The molecule has 0 saturated carbocycles. The normalized spacial score (nSPS) is 10.1. The molecule has 0 amide bonds. The van der Waals surface area contributed by atoms with E-state index in [2.05, 4.69) is 86.2 Å². The molecule has 4 aromatic rings. The van der Waals surface area contributed by atoms with Gasteiger partial charge < -0.3 is 9.97 Å². The molecule has 0 atom stereocenters. The first-order valence-corrected chi connectivity index (χ1v) is 10.7. The average Bonchev–Trinajstić information content (AvgIpc) is 3.39. The van der Waals surface area contributed by atoms with Crippen molar-refractivity contribution in [2.24, 2.45) is 0 Å². The highest BCUT2D eigenvalue weighted by Gasteiger charge is 2.01. The van der Waals surface area contributed by atoms with Crippen molar-refractivity contribution < 1.29 is 0 Å². The quantitative estimate of drug-likeness (QED) is 0.350. The minimum atomic E-state index is 0.609. The Morgan fingerprint density at radius 3 is 1.64 bits per heavy atom. The lowest BCUT2D eigenvalue weighted by Gasteiger charge is -2.03. The second-order valence-corrected chi connectivity index (χ2v) is 6.96. The van der Waals surface area contributed by atoms with Crippen molar-refractivity contribution in [2.45, 2.75) is 67.2 Å². The molecule has 2 N–H and O–H groups in total. The number of aromatic nitrogens is 2. The summed E-state index contributed by atoms with van der Waals surface area (Å²) in [5.74, 6) is 1.22. The lowest BCUT2D eigenvalue weighted by atomic mass is 10.0. The minimum Gasteiger partial charge on any atom is -0.361 e. The maximum absolute atomic E-state index is 3.21. The molecule has 2 heteroatoms. The van der Waals surface area contributed by atoms with Crippen LogP contribution in [0.4, 0.5) is 0 Å². The topological polar surface area (TPSA) is 31.6 Å². The van der Waals surface area contributed by atoms with Gasteiger partial charge in [-0.1, -0.05) is 73.6 Å². The summed E-state index contributed by atoms with van der Waals surface area (Å²) in [5, 5.41) is 2.60. The number of fused-ring (bicyclic) bond motifs is 2. The number of hydrogen-bond donors (Lipinski definition) is 2. The first-order chi connectivity index (χ1) is 13.5. The molecule has 2 heterocycles. The number of nitrogens with one attached hydrogen (secondary N) is 2. The first kappa shape index (κ1) is 23.6. The van der Waals surface area contributed by atoms with Crippen molar-refractivity contribution in [3.8, 4) is 0 Å². The summed E-state index contributed by atoms with van der Waals surface area (Å²) in [6, 6.07) is 17.4. The van der Waals surface area contributed by atoms with E-state index in [0.29, 0.717) is 11.8 Å². The zero-order valence-electron chi connectivity index (χ0n) is 18.9. The fourth-order valence-corrected chi connectivity index (χ4v) is 2.86. The Hall–Kier alpha value is -2.48. The first-order valence-electron chi connectivity index (χ1n) is 10.7. The molecule has 2 nitrogen and oxygen atoms in total. The third-order valence-electron chi connectivity index (χ3n) is 4.49. The van der Waals surface area contributed by atoms with E-state index in [1.165, 1.54) is 32.9 Å².